The quantitative estimate of drug-likeness (QED) is 0.562. The SMILES string of the molecule is BrCc1ccc(Oc2ccc(Br)cc2)c(Br)c1. The van der Waals surface area contributed by atoms with Crippen molar-refractivity contribution in [1.29, 1.82) is 0 Å². The van der Waals surface area contributed by atoms with E-state index in [1.807, 2.05) is 42.5 Å². The van der Waals surface area contributed by atoms with Gasteiger partial charge in [-0.1, -0.05) is 37.9 Å². The van der Waals surface area contributed by atoms with E-state index >= 15 is 0 Å². The fourth-order valence-corrected chi connectivity index (χ4v) is 2.46. The van der Waals surface area contributed by atoms with Gasteiger partial charge in [0.1, 0.15) is 11.5 Å². The van der Waals surface area contributed by atoms with Crippen LogP contribution in [0, 0.1) is 0 Å². The molecular formula is C13H9Br3O. The van der Waals surface area contributed by atoms with Crippen molar-refractivity contribution >= 4 is 47.8 Å². The van der Waals surface area contributed by atoms with Crippen LogP contribution in [0.15, 0.2) is 51.4 Å². The Bertz CT molecular complexity index is 509. The van der Waals surface area contributed by atoms with Crippen LogP contribution in [0.3, 0.4) is 0 Å². The van der Waals surface area contributed by atoms with Gasteiger partial charge in [0.15, 0.2) is 0 Å². The molecule has 0 saturated carbocycles. The molecule has 0 bridgehead atoms. The van der Waals surface area contributed by atoms with Gasteiger partial charge >= 0.3 is 0 Å². The number of benzene rings is 2. The maximum absolute atomic E-state index is 5.78. The second-order valence-electron chi connectivity index (χ2n) is 3.45. The highest BCUT2D eigenvalue weighted by Crippen LogP contribution is 2.31. The molecule has 0 saturated heterocycles. The number of hydrogen-bond acceptors (Lipinski definition) is 1. The monoisotopic (exact) mass is 418 g/mol. The predicted octanol–water partition coefficient (Wildman–Crippen LogP) is 5.90. The number of alkyl halides is 1. The molecule has 4 heteroatoms. The molecule has 2 rings (SSSR count). The van der Waals surface area contributed by atoms with Crippen molar-refractivity contribution in [2.75, 3.05) is 0 Å². The smallest absolute Gasteiger partial charge is 0.141 e. The first-order chi connectivity index (χ1) is 8.19. The van der Waals surface area contributed by atoms with Crippen molar-refractivity contribution < 1.29 is 4.74 Å². The molecule has 17 heavy (non-hydrogen) atoms. The zero-order valence-corrected chi connectivity index (χ0v) is 13.5. The highest BCUT2D eigenvalue weighted by atomic mass is 79.9. The lowest BCUT2D eigenvalue weighted by molar-refractivity contribution is 0.479. The van der Waals surface area contributed by atoms with E-state index in [2.05, 4.69) is 47.8 Å². The maximum atomic E-state index is 5.78. The van der Waals surface area contributed by atoms with Crippen LogP contribution in [0.5, 0.6) is 11.5 Å². The van der Waals surface area contributed by atoms with Gasteiger partial charge < -0.3 is 4.74 Å². The third-order valence-electron chi connectivity index (χ3n) is 2.19. The summed E-state index contributed by atoms with van der Waals surface area (Å²) in [6, 6.07) is 13.8. The van der Waals surface area contributed by atoms with E-state index in [0.29, 0.717) is 0 Å². The van der Waals surface area contributed by atoms with Crippen LogP contribution in [0.2, 0.25) is 0 Å². The molecule has 0 spiro atoms. The number of hydrogen-bond donors (Lipinski definition) is 0. The Hall–Kier alpha value is -0.320. The summed E-state index contributed by atoms with van der Waals surface area (Å²) in [6.07, 6.45) is 0. The first-order valence-corrected chi connectivity index (χ1v) is 7.67. The van der Waals surface area contributed by atoms with Gasteiger partial charge in [0, 0.05) is 9.80 Å². The molecule has 88 valence electrons. The molecule has 0 aliphatic carbocycles. The first kappa shape index (κ1) is 13.1. The molecule has 0 amide bonds. The zero-order valence-electron chi connectivity index (χ0n) is 8.79. The second kappa shape index (κ2) is 6.03. The highest BCUT2D eigenvalue weighted by Gasteiger charge is 2.03. The van der Waals surface area contributed by atoms with Crippen molar-refractivity contribution in [3.63, 3.8) is 0 Å². The van der Waals surface area contributed by atoms with E-state index < -0.39 is 0 Å². The summed E-state index contributed by atoms with van der Waals surface area (Å²) in [4.78, 5) is 0. The summed E-state index contributed by atoms with van der Waals surface area (Å²) in [5.74, 6) is 1.64. The van der Waals surface area contributed by atoms with Crippen molar-refractivity contribution in [3.05, 3.63) is 57.0 Å². The fourth-order valence-electron chi connectivity index (χ4n) is 1.34. The summed E-state index contributed by atoms with van der Waals surface area (Å²) >= 11 is 10.3. The van der Waals surface area contributed by atoms with Gasteiger partial charge in [-0.3, -0.25) is 0 Å². The normalized spacial score (nSPS) is 10.3. The Kier molecular flexibility index (Phi) is 4.65. The molecule has 0 aromatic heterocycles. The molecule has 1 nitrogen and oxygen atoms in total. The standard InChI is InChI=1S/C13H9Br3O/c14-8-9-1-6-13(12(16)7-9)17-11-4-2-10(15)3-5-11/h1-7H,8H2. The van der Waals surface area contributed by atoms with Gasteiger partial charge in [-0.2, -0.15) is 0 Å². The molecule has 0 aliphatic rings. The fraction of sp³-hybridized carbons (Fsp3) is 0.0769. The van der Waals surface area contributed by atoms with E-state index in [1.54, 1.807) is 0 Å². The van der Waals surface area contributed by atoms with Crippen molar-refractivity contribution in [2.24, 2.45) is 0 Å². The van der Waals surface area contributed by atoms with Gasteiger partial charge in [-0.05, 0) is 57.9 Å². The minimum Gasteiger partial charge on any atom is -0.456 e. The van der Waals surface area contributed by atoms with E-state index in [0.717, 1.165) is 25.8 Å². The minimum atomic E-state index is 0.817. The Morgan fingerprint density at radius 3 is 2.24 bits per heavy atom. The Labute approximate surface area is 126 Å². The molecular weight excluding hydrogens is 412 g/mol. The van der Waals surface area contributed by atoms with Gasteiger partial charge in [0.05, 0.1) is 4.47 Å². The van der Waals surface area contributed by atoms with Crippen LogP contribution in [0.4, 0.5) is 0 Å². The lowest BCUT2D eigenvalue weighted by Gasteiger charge is -2.08. The van der Waals surface area contributed by atoms with Crippen molar-refractivity contribution in [2.45, 2.75) is 5.33 Å². The molecule has 0 unspecified atom stereocenters. The Morgan fingerprint density at radius 1 is 0.941 bits per heavy atom. The molecule has 0 atom stereocenters. The topological polar surface area (TPSA) is 9.23 Å². The van der Waals surface area contributed by atoms with Gasteiger partial charge in [0.2, 0.25) is 0 Å². The lowest BCUT2D eigenvalue weighted by Crippen LogP contribution is -1.86. The summed E-state index contributed by atoms with van der Waals surface area (Å²) in [5.41, 5.74) is 1.21. The summed E-state index contributed by atoms with van der Waals surface area (Å²) < 4.78 is 7.78. The van der Waals surface area contributed by atoms with Crippen LogP contribution in [0.25, 0.3) is 0 Å². The third-order valence-corrected chi connectivity index (χ3v) is 3.99. The number of halogens is 3. The van der Waals surface area contributed by atoms with Crippen LogP contribution in [-0.4, -0.2) is 0 Å². The number of rotatable bonds is 3. The molecule has 0 N–H and O–H groups in total. The molecule has 2 aromatic carbocycles. The average Bonchev–Trinajstić information content (AvgIpc) is 2.34. The first-order valence-electron chi connectivity index (χ1n) is 4.97. The summed E-state index contributed by atoms with van der Waals surface area (Å²) in [6.45, 7) is 0. The molecule has 0 fully saturated rings. The van der Waals surface area contributed by atoms with Crippen LogP contribution >= 0.6 is 47.8 Å². The third kappa shape index (κ3) is 3.57. The molecule has 0 heterocycles. The Balaban J connectivity index is 2.21. The van der Waals surface area contributed by atoms with Gasteiger partial charge in [-0.25, -0.2) is 0 Å². The van der Waals surface area contributed by atoms with E-state index in [4.69, 9.17) is 4.74 Å². The van der Waals surface area contributed by atoms with Gasteiger partial charge in [0.25, 0.3) is 0 Å². The van der Waals surface area contributed by atoms with Crippen LogP contribution in [-0.2, 0) is 5.33 Å². The maximum Gasteiger partial charge on any atom is 0.141 e. The van der Waals surface area contributed by atoms with Crippen LogP contribution < -0.4 is 4.74 Å². The van der Waals surface area contributed by atoms with E-state index in [-0.39, 0.29) is 0 Å². The number of ether oxygens (including phenoxy) is 1. The molecule has 0 radical (unpaired) electrons. The van der Waals surface area contributed by atoms with E-state index in [9.17, 15) is 0 Å². The minimum absolute atomic E-state index is 0.817. The van der Waals surface area contributed by atoms with Gasteiger partial charge in [-0.15, -0.1) is 0 Å². The second-order valence-corrected chi connectivity index (χ2v) is 5.79. The highest BCUT2D eigenvalue weighted by molar-refractivity contribution is 9.11. The Morgan fingerprint density at radius 2 is 1.65 bits per heavy atom. The van der Waals surface area contributed by atoms with Crippen LogP contribution in [0.1, 0.15) is 5.56 Å². The van der Waals surface area contributed by atoms with Crippen molar-refractivity contribution in [3.8, 4) is 11.5 Å². The lowest BCUT2D eigenvalue weighted by atomic mass is 10.2. The average molecular weight is 421 g/mol. The molecule has 2 aromatic rings. The zero-order chi connectivity index (χ0) is 12.3. The largest absolute Gasteiger partial charge is 0.456 e. The summed E-state index contributed by atoms with van der Waals surface area (Å²) in [7, 11) is 0. The molecule has 0 aliphatic heterocycles. The van der Waals surface area contributed by atoms with Crippen molar-refractivity contribution in [1.82, 2.24) is 0 Å². The van der Waals surface area contributed by atoms with E-state index in [1.165, 1.54) is 5.56 Å². The summed E-state index contributed by atoms with van der Waals surface area (Å²) in [5, 5.41) is 0.837. The predicted molar refractivity (Wildman–Crippen MR) is 81.0 cm³/mol.